The molecular weight excluding hydrogens is 358 g/mol. The van der Waals surface area contributed by atoms with Crippen LogP contribution < -0.4 is 0 Å². The molecule has 0 aliphatic heterocycles. The zero-order valence-electron chi connectivity index (χ0n) is 15.6. The third-order valence-corrected chi connectivity index (χ3v) is 5.45. The lowest BCUT2D eigenvalue weighted by atomic mass is 10.0. The Balaban J connectivity index is 1.47. The van der Waals surface area contributed by atoms with E-state index in [0.717, 1.165) is 45.1 Å². The summed E-state index contributed by atoms with van der Waals surface area (Å²) in [4.78, 5) is 8.70. The minimum Gasteiger partial charge on any atom is -0.456 e. The fraction of sp³-hybridized carbons (Fsp3) is 0.0400. The van der Waals surface area contributed by atoms with Crippen molar-refractivity contribution in [3.63, 3.8) is 0 Å². The van der Waals surface area contributed by atoms with Crippen LogP contribution in [0.3, 0.4) is 0 Å². The van der Waals surface area contributed by atoms with Crippen LogP contribution in [0.1, 0.15) is 5.56 Å². The summed E-state index contributed by atoms with van der Waals surface area (Å²) in [5.74, 6) is 0.845. The number of fused-ring (bicyclic) bond motifs is 3. The molecule has 29 heavy (non-hydrogen) atoms. The Hall–Kier alpha value is -3.92. The van der Waals surface area contributed by atoms with Crippen molar-refractivity contribution in [2.24, 2.45) is 0 Å². The summed E-state index contributed by atoms with van der Waals surface area (Å²) in [6, 6.07) is 20.9. The van der Waals surface area contributed by atoms with Crippen LogP contribution in [-0.4, -0.2) is 14.5 Å². The van der Waals surface area contributed by atoms with Crippen molar-refractivity contribution in [3.05, 3.63) is 97.2 Å². The van der Waals surface area contributed by atoms with Crippen LogP contribution in [0.5, 0.6) is 0 Å². The van der Waals surface area contributed by atoms with E-state index >= 15 is 0 Å². The number of furan rings is 1. The number of hydrogen-bond donors (Lipinski definition) is 0. The second kappa shape index (κ2) is 6.31. The molecule has 138 valence electrons. The fourth-order valence-corrected chi connectivity index (χ4v) is 3.98. The summed E-state index contributed by atoms with van der Waals surface area (Å²) in [6.07, 6.45) is 9.65. The maximum Gasteiger partial charge on any atom is 0.137 e. The summed E-state index contributed by atoms with van der Waals surface area (Å²) in [5.41, 5.74) is 4.27. The maximum atomic E-state index is 6.11. The largest absolute Gasteiger partial charge is 0.456 e. The van der Waals surface area contributed by atoms with Gasteiger partial charge in [-0.25, -0.2) is 0 Å². The quantitative estimate of drug-likeness (QED) is 0.378. The molecule has 0 fully saturated rings. The number of nitrogens with zero attached hydrogens (tertiary/aromatic N) is 3. The van der Waals surface area contributed by atoms with Crippen molar-refractivity contribution >= 4 is 32.6 Å². The van der Waals surface area contributed by atoms with Crippen LogP contribution in [0, 0.1) is 0 Å². The molecule has 0 aliphatic rings. The van der Waals surface area contributed by atoms with Crippen LogP contribution in [0.4, 0.5) is 0 Å². The lowest BCUT2D eigenvalue weighted by molar-refractivity contribution is 0.632. The van der Waals surface area contributed by atoms with Gasteiger partial charge in [0.15, 0.2) is 0 Å². The van der Waals surface area contributed by atoms with Gasteiger partial charge in [-0.05, 0) is 41.3 Å². The molecule has 0 saturated carbocycles. The van der Waals surface area contributed by atoms with E-state index in [9.17, 15) is 0 Å². The van der Waals surface area contributed by atoms with Gasteiger partial charge >= 0.3 is 0 Å². The van der Waals surface area contributed by atoms with Crippen LogP contribution in [-0.2, 0) is 6.54 Å². The minimum absolute atomic E-state index is 0.785. The molecular formula is C25H17N3O. The van der Waals surface area contributed by atoms with Gasteiger partial charge in [0.05, 0.1) is 11.7 Å². The highest BCUT2D eigenvalue weighted by atomic mass is 16.3. The number of pyridine rings is 2. The molecule has 6 aromatic rings. The predicted molar refractivity (Wildman–Crippen MR) is 116 cm³/mol. The molecule has 4 nitrogen and oxygen atoms in total. The first-order valence-electron chi connectivity index (χ1n) is 9.60. The van der Waals surface area contributed by atoms with Gasteiger partial charge in [-0.1, -0.05) is 30.3 Å². The third kappa shape index (κ3) is 2.69. The zero-order chi connectivity index (χ0) is 19.2. The second-order valence-electron chi connectivity index (χ2n) is 7.27. The number of benzene rings is 2. The average molecular weight is 375 g/mol. The summed E-state index contributed by atoms with van der Waals surface area (Å²) in [5, 5.41) is 4.55. The van der Waals surface area contributed by atoms with Gasteiger partial charge in [0.1, 0.15) is 11.3 Å². The maximum absolute atomic E-state index is 6.11. The molecule has 0 N–H and O–H groups in total. The Morgan fingerprint density at radius 3 is 2.72 bits per heavy atom. The fourth-order valence-electron chi connectivity index (χ4n) is 3.98. The number of aromatic nitrogens is 3. The van der Waals surface area contributed by atoms with Crippen LogP contribution in [0.15, 0.2) is 96.1 Å². The predicted octanol–water partition coefficient (Wildman–Crippen LogP) is 6.05. The van der Waals surface area contributed by atoms with Gasteiger partial charge in [-0.15, -0.1) is 0 Å². The van der Waals surface area contributed by atoms with E-state index in [1.165, 1.54) is 10.9 Å². The number of rotatable bonds is 3. The van der Waals surface area contributed by atoms with Crippen LogP contribution in [0.25, 0.3) is 44.0 Å². The summed E-state index contributed by atoms with van der Waals surface area (Å²) >= 11 is 0. The summed E-state index contributed by atoms with van der Waals surface area (Å²) in [6.45, 7) is 0.785. The monoisotopic (exact) mass is 375 g/mol. The second-order valence-corrected chi connectivity index (χ2v) is 7.27. The van der Waals surface area contributed by atoms with Crippen molar-refractivity contribution in [1.29, 1.82) is 0 Å². The molecule has 0 radical (unpaired) electrons. The van der Waals surface area contributed by atoms with E-state index in [4.69, 9.17) is 4.42 Å². The van der Waals surface area contributed by atoms with Gasteiger partial charge < -0.3 is 8.98 Å². The molecule has 0 amide bonds. The van der Waals surface area contributed by atoms with E-state index in [-0.39, 0.29) is 0 Å². The minimum atomic E-state index is 0.785. The van der Waals surface area contributed by atoms with Crippen molar-refractivity contribution in [2.45, 2.75) is 6.54 Å². The standard InChI is InChI=1S/C25H17N3O/c1-2-4-24-19(3-1)12-25(29-24)22-14-27-13-20-6-5-17(11-21(20)22)16-28-10-8-18-7-9-26-15-23(18)28/h1-15H,16H2. The van der Waals surface area contributed by atoms with E-state index in [1.54, 1.807) is 0 Å². The van der Waals surface area contributed by atoms with Gasteiger partial charge in [0.2, 0.25) is 0 Å². The van der Waals surface area contributed by atoms with E-state index < -0.39 is 0 Å². The highest BCUT2D eigenvalue weighted by molar-refractivity contribution is 5.97. The topological polar surface area (TPSA) is 43.9 Å². The molecule has 0 bridgehead atoms. The normalized spacial score (nSPS) is 11.6. The van der Waals surface area contributed by atoms with E-state index in [1.807, 2.05) is 49.1 Å². The molecule has 0 unspecified atom stereocenters. The van der Waals surface area contributed by atoms with E-state index in [0.29, 0.717) is 0 Å². The first-order chi connectivity index (χ1) is 14.3. The third-order valence-electron chi connectivity index (χ3n) is 5.45. The first kappa shape index (κ1) is 16.1. The Bertz CT molecular complexity index is 1460. The van der Waals surface area contributed by atoms with Crippen LogP contribution in [0.2, 0.25) is 0 Å². The molecule has 0 saturated heterocycles. The number of para-hydroxylation sites is 1. The highest BCUT2D eigenvalue weighted by Crippen LogP contribution is 2.33. The van der Waals surface area contributed by atoms with E-state index in [2.05, 4.69) is 57.1 Å². The molecule has 0 atom stereocenters. The SMILES string of the molecule is c1ccc2oc(-c3cncc4ccc(Cn5ccc6ccncc65)cc34)cc2c1. The Kier molecular flexibility index (Phi) is 3.50. The summed E-state index contributed by atoms with van der Waals surface area (Å²) < 4.78 is 8.34. The number of hydrogen-bond acceptors (Lipinski definition) is 3. The van der Waals surface area contributed by atoms with Crippen molar-refractivity contribution in [1.82, 2.24) is 14.5 Å². The molecule has 4 aromatic heterocycles. The smallest absolute Gasteiger partial charge is 0.137 e. The van der Waals surface area contributed by atoms with Crippen molar-refractivity contribution in [3.8, 4) is 11.3 Å². The zero-order valence-corrected chi connectivity index (χ0v) is 15.6. The Labute approximate surface area is 167 Å². The molecule has 2 aromatic carbocycles. The Morgan fingerprint density at radius 1 is 0.793 bits per heavy atom. The van der Waals surface area contributed by atoms with Gasteiger partial charge in [-0.2, -0.15) is 0 Å². The van der Waals surface area contributed by atoms with Crippen LogP contribution >= 0.6 is 0 Å². The lowest BCUT2D eigenvalue weighted by Gasteiger charge is -2.09. The molecule has 6 rings (SSSR count). The van der Waals surface area contributed by atoms with Crippen molar-refractivity contribution < 1.29 is 4.42 Å². The van der Waals surface area contributed by atoms with Gasteiger partial charge in [0.25, 0.3) is 0 Å². The Morgan fingerprint density at radius 2 is 1.76 bits per heavy atom. The van der Waals surface area contributed by atoms with Gasteiger partial charge in [0, 0.05) is 53.1 Å². The molecule has 4 heterocycles. The summed E-state index contributed by atoms with van der Waals surface area (Å²) in [7, 11) is 0. The first-order valence-corrected chi connectivity index (χ1v) is 9.60. The molecule has 0 spiro atoms. The lowest BCUT2D eigenvalue weighted by Crippen LogP contribution is -1.98. The highest BCUT2D eigenvalue weighted by Gasteiger charge is 2.11. The molecule has 0 aliphatic carbocycles. The van der Waals surface area contributed by atoms with Gasteiger partial charge in [-0.3, -0.25) is 9.97 Å². The average Bonchev–Trinajstić information content (AvgIpc) is 3.38. The molecule has 4 heteroatoms. The van der Waals surface area contributed by atoms with Crippen molar-refractivity contribution in [2.75, 3.05) is 0 Å².